The minimum absolute atomic E-state index is 0.132. The van der Waals surface area contributed by atoms with Crippen LogP contribution in [0.2, 0.25) is 0 Å². The average Bonchev–Trinajstić information content (AvgIpc) is 3.14. The molecule has 0 spiro atoms. The van der Waals surface area contributed by atoms with E-state index in [9.17, 15) is 4.79 Å². The zero-order valence-electron chi connectivity index (χ0n) is 13.0. The number of aromatic amines is 1. The first kappa shape index (κ1) is 16.1. The number of anilines is 1. The number of benzene rings is 2. The number of carbonyl (C=O) groups excluding carboxylic acids is 1. The normalized spacial score (nSPS) is 11.7. The number of nitrogens with zero attached hydrogens (tertiary/aromatic N) is 2. The topological polar surface area (TPSA) is 79.9 Å². The van der Waals surface area contributed by atoms with Gasteiger partial charge in [-0.25, -0.2) is 4.98 Å². The van der Waals surface area contributed by atoms with Crippen LogP contribution in [-0.4, -0.2) is 28.2 Å². The van der Waals surface area contributed by atoms with Crippen molar-refractivity contribution in [2.24, 2.45) is 0 Å². The molecule has 0 saturated carbocycles. The summed E-state index contributed by atoms with van der Waals surface area (Å²) in [6, 6.07) is 16.8. The molecule has 0 aliphatic carbocycles. The van der Waals surface area contributed by atoms with Crippen LogP contribution in [-0.2, 0) is 4.79 Å². The Morgan fingerprint density at radius 3 is 2.54 bits per heavy atom. The van der Waals surface area contributed by atoms with E-state index in [-0.39, 0.29) is 5.91 Å². The number of nitrogens with one attached hydrogen (secondary N) is 2. The van der Waals surface area contributed by atoms with E-state index in [1.165, 1.54) is 18.1 Å². The molecule has 7 heteroatoms. The van der Waals surface area contributed by atoms with Gasteiger partial charge in [0.25, 0.3) is 0 Å². The molecule has 0 saturated heterocycles. The maximum absolute atomic E-state index is 12.8. The maximum Gasteiger partial charge on any atom is 0.242 e. The molecule has 0 fully saturated rings. The molecule has 0 aliphatic heterocycles. The first-order valence-electron chi connectivity index (χ1n) is 7.28. The summed E-state index contributed by atoms with van der Waals surface area (Å²) in [6.45, 7) is 0. The smallest absolute Gasteiger partial charge is 0.242 e. The van der Waals surface area contributed by atoms with Crippen LogP contribution in [0.4, 0.5) is 5.69 Å². The van der Waals surface area contributed by atoms with Crippen molar-refractivity contribution < 1.29 is 9.53 Å². The number of hydrogen-bond acceptors (Lipinski definition) is 5. The highest BCUT2D eigenvalue weighted by atomic mass is 32.2. The molecule has 1 atom stereocenters. The van der Waals surface area contributed by atoms with Gasteiger partial charge in [0.05, 0.1) is 7.11 Å². The van der Waals surface area contributed by atoms with Gasteiger partial charge in [-0.05, 0) is 29.8 Å². The van der Waals surface area contributed by atoms with Gasteiger partial charge in [-0.2, -0.15) is 5.10 Å². The fraction of sp³-hybridized carbons (Fsp3) is 0.118. The van der Waals surface area contributed by atoms with Crippen LogP contribution in [0.25, 0.3) is 0 Å². The molecule has 6 nitrogen and oxygen atoms in total. The minimum Gasteiger partial charge on any atom is -0.497 e. The van der Waals surface area contributed by atoms with Gasteiger partial charge in [-0.3, -0.25) is 9.89 Å². The number of amides is 1. The molecular formula is C17H16N4O2S. The standard InChI is InChI=1S/C17H16N4O2S/c1-23-14-9-7-13(8-10-14)20-16(22)15(12-5-3-2-4-6-12)24-17-18-11-19-21-17/h2-11,15H,1H3,(H,20,22)(H,18,19,21)/t15-/m1/s1. The number of thioether (sulfide) groups is 1. The Morgan fingerprint density at radius 2 is 1.92 bits per heavy atom. The Morgan fingerprint density at radius 1 is 1.17 bits per heavy atom. The summed E-state index contributed by atoms with van der Waals surface area (Å²) in [5, 5.41) is 9.68. The molecule has 0 bridgehead atoms. The predicted octanol–water partition coefficient (Wildman–Crippen LogP) is 3.29. The van der Waals surface area contributed by atoms with Crippen molar-refractivity contribution in [3.05, 3.63) is 66.5 Å². The van der Waals surface area contributed by atoms with Crippen molar-refractivity contribution in [3.63, 3.8) is 0 Å². The van der Waals surface area contributed by atoms with Crippen LogP contribution in [0.15, 0.2) is 66.1 Å². The number of H-pyrrole nitrogens is 1. The zero-order chi connectivity index (χ0) is 16.8. The quantitative estimate of drug-likeness (QED) is 0.673. The van der Waals surface area contributed by atoms with E-state index in [0.29, 0.717) is 10.8 Å². The van der Waals surface area contributed by atoms with Gasteiger partial charge in [-0.1, -0.05) is 42.1 Å². The second kappa shape index (κ2) is 7.65. The second-order valence-electron chi connectivity index (χ2n) is 4.92. The maximum atomic E-state index is 12.8. The molecule has 1 heterocycles. The third-order valence-electron chi connectivity index (χ3n) is 3.32. The Labute approximate surface area is 143 Å². The summed E-state index contributed by atoms with van der Waals surface area (Å²) >= 11 is 1.32. The summed E-state index contributed by atoms with van der Waals surface area (Å²) < 4.78 is 5.12. The predicted molar refractivity (Wildman–Crippen MR) is 93.0 cm³/mol. The minimum atomic E-state index is -0.443. The molecule has 3 rings (SSSR count). The van der Waals surface area contributed by atoms with Crippen molar-refractivity contribution in [1.82, 2.24) is 15.2 Å². The molecule has 24 heavy (non-hydrogen) atoms. The molecular weight excluding hydrogens is 324 g/mol. The largest absolute Gasteiger partial charge is 0.497 e. The SMILES string of the molecule is COc1ccc(NC(=O)[C@H](Sc2ncn[nH]2)c2ccccc2)cc1. The van der Waals surface area contributed by atoms with Crippen LogP contribution in [0.5, 0.6) is 5.75 Å². The number of hydrogen-bond donors (Lipinski definition) is 2. The lowest BCUT2D eigenvalue weighted by atomic mass is 10.1. The van der Waals surface area contributed by atoms with Gasteiger partial charge in [-0.15, -0.1) is 0 Å². The van der Waals surface area contributed by atoms with Crippen molar-refractivity contribution >= 4 is 23.4 Å². The van der Waals surface area contributed by atoms with E-state index in [4.69, 9.17) is 4.74 Å². The van der Waals surface area contributed by atoms with Crippen LogP contribution < -0.4 is 10.1 Å². The lowest BCUT2D eigenvalue weighted by Gasteiger charge is -2.15. The van der Waals surface area contributed by atoms with Crippen molar-refractivity contribution in [2.75, 3.05) is 12.4 Å². The summed E-state index contributed by atoms with van der Waals surface area (Å²) in [5.74, 6) is 0.608. The number of carbonyl (C=O) groups is 1. The number of methoxy groups -OCH3 is 1. The van der Waals surface area contributed by atoms with Gasteiger partial charge in [0.15, 0.2) is 5.16 Å². The summed E-state index contributed by atoms with van der Waals surface area (Å²) in [5.41, 5.74) is 1.60. The second-order valence-corrected chi connectivity index (χ2v) is 6.01. The van der Waals surface area contributed by atoms with E-state index >= 15 is 0 Å². The van der Waals surface area contributed by atoms with Gasteiger partial charge in [0, 0.05) is 5.69 Å². The molecule has 0 unspecified atom stereocenters. The summed E-state index contributed by atoms with van der Waals surface area (Å²) in [4.78, 5) is 16.9. The molecule has 3 aromatic rings. The third-order valence-corrected chi connectivity index (χ3v) is 4.46. The van der Waals surface area contributed by atoms with Crippen molar-refractivity contribution in [3.8, 4) is 5.75 Å². The van der Waals surface area contributed by atoms with Crippen molar-refractivity contribution in [2.45, 2.75) is 10.4 Å². The number of aromatic nitrogens is 3. The fourth-order valence-electron chi connectivity index (χ4n) is 2.15. The monoisotopic (exact) mass is 340 g/mol. The van der Waals surface area contributed by atoms with Crippen LogP contribution in [0.1, 0.15) is 10.8 Å². The fourth-order valence-corrected chi connectivity index (χ4v) is 3.04. The summed E-state index contributed by atoms with van der Waals surface area (Å²) in [6.07, 6.45) is 1.42. The molecule has 0 radical (unpaired) electrons. The van der Waals surface area contributed by atoms with E-state index < -0.39 is 5.25 Å². The molecule has 1 amide bonds. The third kappa shape index (κ3) is 3.94. The lowest BCUT2D eigenvalue weighted by molar-refractivity contribution is -0.115. The van der Waals surface area contributed by atoms with Crippen LogP contribution in [0, 0.1) is 0 Å². The Balaban J connectivity index is 1.79. The Kier molecular flexibility index (Phi) is 5.12. The van der Waals surface area contributed by atoms with Gasteiger partial charge >= 0.3 is 0 Å². The summed E-state index contributed by atoms with van der Waals surface area (Å²) in [7, 11) is 1.60. The van der Waals surface area contributed by atoms with Gasteiger partial charge < -0.3 is 10.1 Å². The van der Waals surface area contributed by atoms with Crippen LogP contribution in [0.3, 0.4) is 0 Å². The lowest BCUT2D eigenvalue weighted by Crippen LogP contribution is -2.19. The molecule has 0 aliphatic rings. The van der Waals surface area contributed by atoms with Gasteiger partial charge in [0.1, 0.15) is 17.3 Å². The molecule has 2 aromatic carbocycles. The van der Waals surface area contributed by atoms with E-state index in [0.717, 1.165) is 11.3 Å². The molecule has 122 valence electrons. The number of rotatable bonds is 6. The van der Waals surface area contributed by atoms with Crippen LogP contribution >= 0.6 is 11.8 Å². The van der Waals surface area contributed by atoms with Gasteiger partial charge in [0.2, 0.25) is 5.91 Å². The van der Waals surface area contributed by atoms with E-state index in [2.05, 4.69) is 20.5 Å². The Hall–Kier alpha value is -2.80. The molecule has 1 aromatic heterocycles. The highest BCUT2D eigenvalue weighted by Crippen LogP contribution is 2.34. The van der Waals surface area contributed by atoms with E-state index in [1.807, 2.05) is 30.3 Å². The molecule has 2 N–H and O–H groups in total. The van der Waals surface area contributed by atoms with Crippen molar-refractivity contribution in [1.29, 1.82) is 0 Å². The average molecular weight is 340 g/mol. The first-order valence-corrected chi connectivity index (χ1v) is 8.16. The Bertz CT molecular complexity index is 776. The highest BCUT2D eigenvalue weighted by molar-refractivity contribution is 8.00. The highest BCUT2D eigenvalue weighted by Gasteiger charge is 2.23. The number of ether oxygens (including phenoxy) is 1. The zero-order valence-corrected chi connectivity index (χ0v) is 13.8. The first-order chi connectivity index (χ1) is 11.8. The van der Waals surface area contributed by atoms with E-state index in [1.54, 1.807) is 31.4 Å².